The standard InChI is InChI=1S/C15H24N6O2/c1-10(2)13-17-18-14-11(3)19(7-8-21(13)14)5-4-6-20-12(22)9-16-15(20)23/h10-11H,4-9H2,1-3H3,(H,16,23). The normalized spacial score (nSPS) is 21.9. The van der Waals surface area contributed by atoms with E-state index in [4.69, 9.17) is 0 Å². The summed E-state index contributed by atoms with van der Waals surface area (Å²) < 4.78 is 2.23. The van der Waals surface area contributed by atoms with E-state index in [-0.39, 0.29) is 24.5 Å². The van der Waals surface area contributed by atoms with Crippen LogP contribution >= 0.6 is 0 Å². The van der Waals surface area contributed by atoms with Crippen LogP contribution in [0.3, 0.4) is 0 Å². The highest BCUT2D eigenvalue weighted by molar-refractivity contribution is 6.01. The van der Waals surface area contributed by atoms with E-state index in [1.54, 1.807) is 0 Å². The van der Waals surface area contributed by atoms with Gasteiger partial charge in [-0.15, -0.1) is 10.2 Å². The summed E-state index contributed by atoms with van der Waals surface area (Å²) >= 11 is 0. The van der Waals surface area contributed by atoms with Crippen LogP contribution in [0, 0.1) is 0 Å². The van der Waals surface area contributed by atoms with E-state index in [1.165, 1.54) is 4.90 Å². The van der Waals surface area contributed by atoms with Gasteiger partial charge in [0, 0.05) is 32.1 Å². The molecule has 0 aliphatic carbocycles. The van der Waals surface area contributed by atoms with Crippen molar-refractivity contribution in [3.8, 4) is 0 Å². The van der Waals surface area contributed by atoms with E-state index in [9.17, 15) is 9.59 Å². The number of carbonyl (C=O) groups is 2. The first-order chi connectivity index (χ1) is 11.0. The zero-order valence-electron chi connectivity index (χ0n) is 13.9. The lowest BCUT2D eigenvalue weighted by Crippen LogP contribution is -2.40. The summed E-state index contributed by atoms with van der Waals surface area (Å²) in [7, 11) is 0. The molecule has 3 rings (SSSR count). The van der Waals surface area contributed by atoms with Crippen molar-refractivity contribution in [2.24, 2.45) is 0 Å². The quantitative estimate of drug-likeness (QED) is 0.808. The summed E-state index contributed by atoms with van der Waals surface area (Å²) in [5.74, 6) is 2.29. The van der Waals surface area contributed by atoms with Gasteiger partial charge >= 0.3 is 6.03 Å². The molecule has 1 N–H and O–H groups in total. The lowest BCUT2D eigenvalue weighted by molar-refractivity contribution is -0.125. The Morgan fingerprint density at radius 3 is 2.65 bits per heavy atom. The predicted octanol–water partition coefficient (Wildman–Crippen LogP) is 0.720. The third-order valence-corrected chi connectivity index (χ3v) is 4.62. The molecule has 3 heterocycles. The van der Waals surface area contributed by atoms with Crippen LogP contribution in [0.2, 0.25) is 0 Å². The van der Waals surface area contributed by atoms with Crippen molar-refractivity contribution >= 4 is 11.9 Å². The minimum atomic E-state index is -0.275. The molecule has 0 aromatic carbocycles. The zero-order chi connectivity index (χ0) is 16.6. The third kappa shape index (κ3) is 2.95. The number of hydrogen-bond donors (Lipinski definition) is 1. The van der Waals surface area contributed by atoms with Crippen LogP contribution in [0.15, 0.2) is 0 Å². The molecule has 1 aromatic rings. The van der Waals surface area contributed by atoms with Crippen molar-refractivity contribution in [3.05, 3.63) is 11.6 Å². The molecule has 2 aliphatic heterocycles. The molecule has 8 heteroatoms. The summed E-state index contributed by atoms with van der Waals surface area (Å²) in [5, 5.41) is 11.2. The van der Waals surface area contributed by atoms with Crippen LogP contribution in [0.1, 0.15) is 50.8 Å². The molecule has 1 unspecified atom stereocenters. The maximum Gasteiger partial charge on any atom is 0.324 e. The highest BCUT2D eigenvalue weighted by atomic mass is 16.2. The summed E-state index contributed by atoms with van der Waals surface area (Å²) in [5.41, 5.74) is 0. The molecule has 1 aromatic heterocycles. The maximum atomic E-state index is 11.6. The first-order valence-electron chi connectivity index (χ1n) is 8.24. The molecule has 1 fully saturated rings. The van der Waals surface area contributed by atoms with Crippen molar-refractivity contribution < 1.29 is 9.59 Å². The van der Waals surface area contributed by atoms with E-state index < -0.39 is 0 Å². The summed E-state index contributed by atoms with van der Waals surface area (Å²) in [6, 6.07) is -0.0742. The fourth-order valence-corrected chi connectivity index (χ4v) is 3.30. The molecule has 8 nitrogen and oxygen atoms in total. The van der Waals surface area contributed by atoms with Crippen molar-refractivity contribution in [1.82, 2.24) is 29.9 Å². The van der Waals surface area contributed by atoms with E-state index in [0.29, 0.717) is 12.5 Å². The summed E-state index contributed by atoms with van der Waals surface area (Å²) in [4.78, 5) is 26.7. The van der Waals surface area contributed by atoms with Crippen molar-refractivity contribution in [3.63, 3.8) is 0 Å². The molecule has 0 radical (unpaired) electrons. The highest BCUT2D eigenvalue weighted by Crippen LogP contribution is 2.26. The third-order valence-electron chi connectivity index (χ3n) is 4.62. The van der Waals surface area contributed by atoms with Crippen molar-refractivity contribution in [1.29, 1.82) is 0 Å². The smallest absolute Gasteiger partial charge is 0.324 e. The molecular weight excluding hydrogens is 296 g/mol. The minimum absolute atomic E-state index is 0.125. The van der Waals surface area contributed by atoms with Crippen LogP contribution in [0.5, 0.6) is 0 Å². The largest absolute Gasteiger partial charge is 0.329 e. The molecule has 1 atom stereocenters. The Bertz CT molecular complexity index is 595. The van der Waals surface area contributed by atoms with Crippen molar-refractivity contribution in [2.45, 2.75) is 45.7 Å². The predicted molar refractivity (Wildman–Crippen MR) is 83.8 cm³/mol. The summed E-state index contributed by atoms with van der Waals surface area (Å²) in [6.45, 7) is 9.66. The Balaban J connectivity index is 1.58. The first kappa shape index (κ1) is 15.9. The Labute approximate surface area is 135 Å². The monoisotopic (exact) mass is 320 g/mol. The van der Waals surface area contributed by atoms with Gasteiger partial charge < -0.3 is 9.88 Å². The molecule has 0 saturated carbocycles. The van der Waals surface area contributed by atoms with Crippen LogP contribution in [-0.4, -0.2) is 62.7 Å². The number of nitrogens with zero attached hydrogens (tertiary/aromatic N) is 5. The van der Waals surface area contributed by atoms with E-state index in [0.717, 1.165) is 37.7 Å². The average Bonchev–Trinajstić information content (AvgIpc) is 3.08. The topological polar surface area (TPSA) is 83.4 Å². The molecule has 126 valence electrons. The van der Waals surface area contributed by atoms with E-state index in [1.807, 2.05) is 0 Å². The Morgan fingerprint density at radius 2 is 2.00 bits per heavy atom. The van der Waals surface area contributed by atoms with Crippen molar-refractivity contribution in [2.75, 3.05) is 26.2 Å². The van der Waals surface area contributed by atoms with Crippen LogP contribution in [-0.2, 0) is 11.3 Å². The minimum Gasteiger partial charge on any atom is -0.329 e. The molecule has 1 saturated heterocycles. The van der Waals surface area contributed by atoms with Gasteiger partial charge in [0.2, 0.25) is 5.91 Å². The number of aromatic nitrogens is 3. The van der Waals surface area contributed by atoms with Gasteiger partial charge in [0.05, 0.1) is 12.6 Å². The molecule has 2 aliphatic rings. The number of nitrogens with one attached hydrogen (secondary N) is 1. The van der Waals surface area contributed by atoms with E-state index >= 15 is 0 Å². The maximum absolute atomic E-state index is 11.6. The van der Waals surface area contributed by atoms with Gasteiger partial charge in [0.25, 0.3) is 0 Å². The second-order valence-corrected chi connectivity index (χ2v) is 6.49. The second-order valence-electron chi connectivity index (χ2n) is 6.49. The SMILES string of the molecule is CC(C)c1nnc2n1CCN(CCCN1C(=O)CNC1=O)C2C. The Hall–Kier alpha value is -1.96. The fraction of sp³-hybridized carbons (Fsp3) is 0.733. The Morgan fingerprint density at radius 1 is 1.22 bits per heavy atom. The number of fused-ring (bicyclic) bond motifs is 1. The Kier molecular flexibility index (Phi) is 4.34. The van der Waals surface area contributed by atoms with Gasteiger partial charge in [-0.05, 0) is 13.3 Å². The molecular formula is C15H24N6O2. The summed E-state index contributed by atoms with van der Waals surface area (Å²) in [6.07, 6.45) is 0.772. The van der Waals surface area contributed by atoms with E-state index in [2.05, 4.69) is 45.8 Å². The van der Waals surface area contributed by atoms with Gasteiger partial charge in [0.1, 0.15) is 11.6 Å². The first-order valence-corrected chi connectivity index (χ1v) is 8.24. The van der Waals surface area contributed by atoms with Gasteiger partial charge in [-0.3, -0.25) is 14.6 Å². The second kappa shape index (κ2) is 6.27. The fourth-order valence-electron chi connectivity index (χ4n) is 3.30. The number of amides is 3. The lowest BCUT2D eigenvalue weighted by atomic mass is 10.1. The number of rotatable bonds is 5. The number of carbonyl (C=O) groups excluding carboxylic acids is 2. The number of imide groups is 1. The highest BCUT2D eigenvalue weighted by Gasteiger charge is 2.30. The van der Waals surface area contributed by atoms with Crippen LogP contribution in [0.4, 0.5) is 4.79 Å². The van der Waals surface area contributed by atoms with Gasteiger partial charge in [-0.2, -0.15) is 0 Å². The van der Waals surface area contributed by atoms with Crippen LogP contribution in [0.25, 0.3) is 0 Å². The molecule has 0 spiro atoms. The number of urea groups is 1. The number of hydrogen-bond acceptors (Lipinski definition) is 5. The van der Waals surface area contributed by atoms with Crippen LogP contribution < -0.4 is 5.32 Å². The lowest BCUT2D eigenvalue weighted by Gasteiger charge is -2.34. The van der Waals surface area contributed by atoms with Gasteiger partial charge in [0.15, 0.2) is 0 Å². The molecule has 23 heavy (non-hydrogen) atoms. The average molecular weight is 320 g/mol. The van der Waals surface area contributed by atoms with Gasteiger partial charge in [-0.25, -0.2) is 4.79 Å². The van der Waals surface area contributed by atoms with Gasteiger partial charge in [-0.1, -0.05) is 13.8 Å². The molecule has 0 bridgehead atoms. The molecule has 3 amide bonds. The zero-order valence-corrected chi connectivity index (χ0v) is 13.9.